The second-order valence-electron chi connectivity index (χ2n) is 4.37. The van der Waals surface area contributed by atoms with Crippen LogP contribution in [0, 0.1) is 5.82 Å². The van der Waals surface area contributed by atoms with Gasteiger partial charge in [-0.25, -0.2) is 14.4 Å². The van der Waals surface area contributed by atoms with Crippen molar-refractivity contribution >= 4 is 17.3 Å². The molecule has 2 N–H and O–H groups in total. The van der Waals surface area contributed by atoms with Gasteiger partial charge in [-0.05, 0) is 35.9 Å². The summed E-state index contributed by atoms with van der Waals surface area (Å²) in [5.41, 5.74) is 6.68. The predicted octanol–water partition coefficient (Wildman–Crippen LogP) is 3.71. The van der Waals surface area contributed by atoms with Crippen LogP contribution >= 0.6 is 11.6 Å². The van der Waals surface area contributed by atoms with Crippen LogP contribution in [0.15, 0.2) is 48.9 Å². The van der Waals surface area contributed by atoms with Gasteiger partial charge in [0.2, 0.25) is 5.28 Å². The maximum atomic E-state index is 13.5. The zero-order valence-corrected chi connectivity index (χ0v) is 12.0. The summed E-state index contributed by atoms with van der Waals surface area (Å²) in [4.78, 5) is 12.0. The molecule has 7 heteroatoms. The van der Waals surface area contributed by atoms with Crippen molar-refractivity contribution in [2.75, 3.05) is 5.73 Å². The Labute approximate surface area is 130 Å². The average Bonchev–Trinajstić information content (AvgIpc) is 2.51. The third-order valence-corrected chi connectivity index (χ3v) is 3.07. The van der Waals surface area contributed by atoms with E-state index < -0.39 is 5.82 Å². The molecule has 0 spiro atoms. The molecule has 0 saturated heterocycles. The molecule has 1 aromatic carbocycles. The molecule has 0 saturated carbocycles. The van der Waals surface area contributed by atoms with Crippen LogP contribution in [0.5, 0.6) is 11.5 Å². The van der Waals surface area contributed by atoms with Crippen molar-refractivity contribution in [3.05, 3.63) is 60.0 Å². The minimum absolute atomic E-state index is 0.0601. The number of rotatable bonds is 3. The van der Waals surface area contributed by atoms with Gasteiger partial charge in [0.1, 0.15) is 17.3 Å². The van der Waals surface area contributed by atoms with E-state index in [9.17, 15) is 4.39 Å². The molecule has 0 radical (unpaired) electrons. The lowest BCUT2D eigenvalue weighted by Gasteiger charge is -2.10. The van der Waals surface area contributed by atoms with E-state index in [0.29, 0.717) is 22.8 Å². The van der Waals surface area contributed by atoms with E-state index in [4.69, 9.17) is 22.1 Å². The molecule has 0 fully saturated rings. The number of hydrogen-bond acceptors (Lipinski definition) is 5. The van der Waals surface area contributed by atoms with E-state index in [1.165, 1.54) is 18.3 Å². The number of benzene rings is 1. The molecule has 5 nitrogen and oxygen atoms in total. The third-order valence-electron chi connectivity index (χ3n) is 2.88. The van der Waals surface area contributed by atoms with Gasteiger partial charge in [0, 0.05) is 24.7 Å². The Bertz CT molecular complexity index is 828. The summed E-state index contributed by atoms with van der Waals surface area (Å²) in [6.45, 7) is 0. The normalized spacial score (nSPS) is 10.5. The van der Waals surface area contributed by atoms with Crippen LogP contribution in [0.25, 0.3) is 11.3 Å². The molecule has 22 heavy (non-hydrogen) atoms. The van der Waals surface area contributed by atoms with E-state index >= 15 is 0 Å². The Morgan fingerprint density at radius 2 is 2.00 bits per heavy atom. The van der Waals surface area contributed by atoms with Gasteiger partial charge >= 0.3 is 0 Å². The molecule has 3 rings (SSSR count). The fraction of sp³-hybridized carbons (Fsp3) is 0. The van der Waals surface area contributed by atoms with E-state index in [1.807, 2.05) is 0 Å². The summed E-state index contributed by atoms with van der Waals surface area (Å²) < 4.78 is 19.2. The molecule has 0 atom stereocenters. The Morgan fingerprint density at radius 1 is 1.14 bits per heavy atom. The van der Waals surface area contributed by atoms with Crippen molar-refractivity contribution in [2.45, 2.75) is 0 Å². The molecular weight excluding hydrogens is 307 g/mol. The number of aromatic nitrogens is 3. The second-order valence-corrected chi connectivity index (χ2v) is 4.71. The molecule has 2 aromatic heterocycles. The average molecular weight is 317 g/mol. The highest BCUT2D eigenvalue weighted by atomic mass is 35.5. The van der Waals surface area contributed by atoms with Crippen molar-refractivity contribution in [3.8, 4) is 22.8 Å². The van der Waals surface area contributed by atoms with Crippen LogP contribution in [0.2, 0.25) is 5.28 Å². The van der Waals surface area contributed by atoms with Gasteiger partial charge < -0.3 is 10.5 Å². The molecular formula is C15H10ClFN4O. The van der Waals surface area contributed by atoms with E-state index in [1.54, 1.807) is 30.6 Å². The van der Waals surface area contributed by atoms with Crippen LogP contribution in [0.3, 0.4) is 0 Å². The summed E-state index contributed by atoms with van der Waals surface area (Å²) in [5.74, 6) is 0.242. The summed E-state index contributed by atoms with van der Waals surface area (Å²) in [5, 5.41) is 0.117. The summed E-state index contributed by atoms with van der Waals surface area (Å²) in [6.07, 6.45) is 4.68. The standard InChI is InChI=1S/C15H10ClFN4O/c16-15-20-6-3-13(21-15)10-8-19-5-4-14(10)22-9-1-2-12(18)11(17)7-9/h1-8H,18H2. The molecule has 3 aromatic rings. The van der Waals surface area contributed by atoms with Crippen LogP contribution in [0.1, 0.15) is 0 Å². The highest BCUT2D eigenvalue weighted by molar-refractivity contribution is 6.28. The molecule has 0 unspecified atom stereocenters. The molecule has 0 amide bonds. The zero-order chi connectivity index (χ0) is 15.5. The number of halogens is 2. The Hall–Kier alpha value is -2.73. The first kappa shape index (κ1) is 14.2. The van der Waals surface area contributed by atoms with Gasteiger partial charge in [0.15, 0.2) is 0 Å². The molecule has 0 aliphatic heterocycles. The number of nitrogens with zero attached hydrogens (tertiary/aromatic N) is 3. The fourth-order valence-corrected chi connectivity index (χ4v) is 1.99. The van der Waals surface area contributed by atoms with E-state index in [-0.39, 0.29) is 11.0 Å². The topological polar surface area (TPSA) is 73.9 Å². The van der Waals surface area contributed by atoms with E-state index in [0.717, 1.165) is 0 Å². The number of anilines is 1. The zero-order valence-electron chi connectivity index (χ0n) is 11.2. The lowest BCUT2D eigenvalue weighted by atomic mass is 10.2. The van der Waals surface area contributed by atoms with Crippen LogP contribution in [-0.4, -0.2) is 15.0 Å². The Morgan fingerprint density at radius 3 is 2.77 bits per heavy atom. The highest BCUT2D eigenvalue weighted by Gasteiger charge is 2.10. The smallest absolute Gasteiger partial charge is 0.222 e. The van der Waals surface area contributed by atoms with Crippen molar-refractivity contribution in [1.82, 2.24) is 15.0 Å². The highest BCUT2D eigenvalue weighted by Crippen LogP contribution is 2.32. The van der Waals surface area contributed by atoms with E-state index in [2.05, 4.69) is 15.0 Å². The second kappa shape index (κ2) is 5.95. The van der Waals surface area contributed by atoms with Gasteiger partial charge in [-0.3, -0.25) is 4.98 Å². The molecule has 0 aliphatic carbocycles. The monoisotopic (exact) mass is 316 g/mol. The maximum Gasteiger partial charge on any atom is 0.222 e. The lowest BCUT2D eigenvalue weighted by molar-refractivity contribution is 0.478. The number of pyridine rings is 1. The first-order valence-corrected chi connectivity index (χ1v) is 6.67. The number of hydrogen-bond donors (Lipinski definition) is 1. The third kappa shape index (κ3) is 2.96. The van der Waals surface area contributed by atoms with Crippen LogP contribution in [-0.2, 0) is 0 Å². The maximum absolute atomic E-state index is 13.5. The minimum atomic E-state index is -0.543. The summed E-state index contributed by atoms with van der Waals surface area (Å²) in [7, 11) is 0. The molecule has 2 heterocycles. The van der Waals surface area contributed by atoms with Gasteiger partial charge in [-0.1, -0.05) is 0 Å². The largest absolute Gasteiger partial charge is 0.456 e. The number of ether oxygens (including phenoxy) is 1. The minimum Gasteiger partial charge on any atom is -0.456 e. The SMILES string of the molecule is Nc1ccc(Oc2ccncc2-c2ccnc(Cl)n2)cc1F. The predicted molar refractivity (Wildman–Crippen MR) is 81.2 cm³/mol. The molecule has 110 valence electrons. The Kier molecular flexibility index (Phi) is 3.84. The van der Waals surface area contributed by atoms with Crippen LogP contribution < -0.4 is 10.5 Å². The van der Waals surface area contributed by atoms with Crippen LogP contribution in [0.4, 0.5) is 10.1 Å². The molecule has 0 aliphatic rings. The Balaban J connectivity index is 1.99. The summed E-state index contributed by atoms with van der Waals surface area (Å²) >= 11 is 5.80. The fourth-order valence-electron chi connectivity index (χ4n) is 1.85. The first-order chi connectivity index (χ1) is 10.6. The van der Waals surface area contributed by atoms with Crippen molar-refractivity contribution in [2.24, 2.45) is 0 Å². The van der Waals surface area contributed by atoms with Gasteiger partial charge in [-0.2, -0.15) is 0 Å². The first-order valence-electron chi connectivity index (χ1n) is 6.29. The molecule has 0 bridgehead atoms. The van der Waals surface area contributed by atoms with Crippen molar-refractivity contribution in [3.63, 3.8) is 0 Å². The van der Waals surface area contributed by atoms with Gasteiger partial charge in [-0.15, -0.1) is 0 Å². The lowest BCUT2D eigenvalue weighted by Crippen LogP contribution is -1.94. The number of nitrogen functional groups attached to an aromatic ring is 1. The van der Waals surface area contributed by atoms with Crippen molar-refractivity contribution < 1.29 is 9.13 Å². The number of nitrogens with two attached hydrogens (primary N) is 1. The van der Waals surface area contributed by atoms with Gasteiger partial charge in [0.05, 0.1) is 16.9 Å². The van der Waals surface area contributed by atoms with Gasteiger partial charge in [0.25, 0.3) is 0 Å². The summed E-state index contributed by atoms with van der Waals surface area (Å²) in [6, 6.07) is 7.56. The van der Waals surface area contributed by atoms with Crippen molar-refractivity contribution in [1.29, 1.82) is 0 Å². The quantitative estimate of drug-likeness (QED) is 0.589.